The van der Waals surface area contributed by atoms with Gasteiger partial charge in [0.05, 0.1) is 6.54 Å². The van der Waals surface area contributed by atoms with E-state index in [4.69, 9.17) is 0 Å². The van der Waals surface area contributed by atoms with Crippen LogP contribution in [-0.2, 0) is 4.79 Å². The molecule has 0 aromatic heterocycles. The summed E-state index contributed by atoms with van der Waals surface area (Å²) in [4.78, 5) is 11.9. The first-order valence-corrected chi connectivity index (χ1v) is 7.26. The lowest BCUT2D eigenvalue weighted by Crippen LogP contribution is -2.37. The first kappa shape index (κ1) is 14.1. The van der Waals surface area contributed by atoms with Crippen LogP contribution in [0.3, 0.4) is 0 Å². The largest absolute Gasteiger partial charge is 0.325 e. The average Bonchev–Trinajstić information content (AvgIpc) is 2.43. The second-order valence-corrected chi connectivity index (χ2v) is 5.51. The maximum absolute atomic E-state index is 11.9. The van der Waals surface area contributed by atoms with Crippen LogP contribution in [0.25, 0.3) is 0 Å². The van der Waals surface area contributed by atoms with Gasteiger partial charge in [0.2, 0.25) is 5.91 Å². The zero-order valence-corrected chi connectivity index (χ0v) is 12.0. The summed E-state index contributed by atoms with van der Waals surface area (Å²) < 4.78 is 0. The van der Waals surface area contributed by atoms with Gasteiger partial charge in [0.15, 0.2) is 0 Å². The van der Waals surface area contributed by atoms with Crippen LogP contribution in [0.4, 0.5) is 5.69 Å². The predicted molar refractivity (Wildman–Crippen MR) is 79.4 cm³/mol. The van der Waals surface area contributed by atoms with E-state index in [0.29, 0.717) is 12.6 Å². The fraction of sp³-hybridized carbons (Fsp3) is 0.562. The van der Waals surface area contributed by atoms with Crippen LogP contribution in [0.2, 0.25) is 0 Å². The van der Waals surface area contributed by atoms with E-state index < -0.39 is 0 Å². The van der Waals surface area contributed by atoms with Crippen LogP contribution in [0.15, 0.2) is 18.2 Å². The van der Waals surface area contributed by atoms with Crippen molar-refractivity contribution in [2.45, 2.75) is 52.0 Å². The maximum atomic E-state index is 11.9. The van der Waals surface area contributed by atoms with Gasteiger partial charge in [0.25, 0.3) is 0 Å². The first-order valence-electron chi connectivity index (χ1n) is 7.26. The Bertz CT molecular complexity index is 436. The molecule has 1 aromatic rings. The van der Waals surface area contributed by atoms with Gasteiger partial charge in [-0.3, -0.25) is 4.79 Å². The Balaban J connectivity index is 1.82. The molecule has 3 nitrogen and oxygen atoms in total. The monoisotopic (exact) mass is 260 g/mol. The molecule has 1 amide bonds. The number of carbonyl (C=O) groups is 1. The number of carbonyl (C=O) groups excluding carboxylic acids is 1. The SMILES string of the molecule is Cc1cccc(NC(=O)CNC2CCCCC2)c1C. The van der Waals surface area contributed by atoms with Crippen molar-refractivity contribution in [3.63, 3.8) is 0 Å². The highest BCUT2D eigenvalue weighted by atomic mass is 16.1. The second kappa shape index (κ2) is 6.71. The summed E-state index contributed by atoms with van der Waals surface area (Å²) in [6.45, 7) is 4.52. The number of nitrogens with one attached hydrogen (secondary N) is 2. The lowest BCUT2D eigenvalue weighted by molar-refractivity contribution is -0.115. The Morgan fingerprint density at radius 1 is 1.21 bits per heavy atom. The molecule has 1 saturated carbocycles. The molecule has 1 aliphatic rings. The van der Waals surface area contributed by atoms with Crippen molar-refractivity contribution in [2.24, 2.45) is 0 Å². The molecular weight excluding hydrogens is 236 g/mol. The first-order chi connectivity index (χ1) is 9.16. The minimum atomic E-state index is 0.0549. The number of aryl methyl sites for hydroxylation is 1. The van der Waals surface area contributed by atoms with Gasteiger partial charge >= 0.3 is 0 Å². The Morgan fingerprint density at radius 2 is 1.95 bits per heavy atom. The van der Waals surface area contributed by atoms with Crippen LogP contribution in [0.5, 0.6) is 0 Å². The normalized spacial score (nSPS) is 16.3. The molecule has 3 heteroatoms. The number of hydrogen-bond donors (Lipinski definition) is 2. The highest BCUT2D eigenvalue weighted by Crippen LogP contribution is 2.18. The Morgan fingerprint density at radius 3 is 2.68 bits per heavy atom. The second-order valence-electron chi connectivity index (χ2n) is 5.51. The minimum absolute atomic E-state index is 0.0549. The average molecular weight is 260 g/mol. The fourth-order valence-electron chi connectivity index (χ4n) is 2.62. The lowest BCUT2D eigenvalue weighted by Gasteiger charge is -2.22. The van der Waals surface area contributed by atoms with Crippen LogP contribution in [0.1, 0.15) is 43.2 Å². The van der Waals surface area contributed by atoms with Gasteiger partial charge in [-0.15, -0.1) is 0 Å². The van der Waals surface area contributed by atoms with Gasteiger partial charge < -0.3 is 10.6 Å². The summed E-state index contributed by atoms with van der Waals surface area (Å²) in [5.41, 5.74) is 3.28. The number of anilines is 1. The number of hydrogen-bond acceptors (Lipinski definition) is 2. The quantitative estimate of drug-likeness (QED) is 0.873. The molecule has 2 N–H and O–H groups in total. The van der Waals surface area contributed by atoms with E-state index in [0.717, 1.165) is 11.3 Å². The number of benzene rings is 1. The molecule has 1 aliphatic carbocycles. The van der Waals surface area contributed by atoms with Crippen molar-refractivity contribution in [1.29, 1.82) is 0 Å². The molecular formula is C16H24N2O. The number of amides is 1. The topological polar surface area (TPSA) is 41.1 Å². The Labute approximate surface area is 115 Å². The van der Waals surface area contributed by atoms with Crippen LogP contribution < -0.4 is 10.6 Å². The van der Waals surface area contributed by atoms with E-state index in [9.17, 15) is 4.79 Å². The Hall–Kier alpha value is -1.35. The third kappa shape index (κ3) is 4.06. The Kier molecular flexibility index (Phi) is 4.97. The van der Waals surface area contributed by atoms with Crippen molar-refractivity contribution in [1.82, 2.24) is 5.32 Å². The highest BCUT2D eigenvalue weighted by molar-refractivity contribution is 5.93. The van der Waals surface area contributed by atoms with Crippen LogP contribution >= 0.6 is 0 Å². The predicted octanol–water partition coefficient (Wildman–Crippen LogP) is 3.16. The molecule has 19 heavy (non-hydrogen) atoms. The van der Waals surface area contributed by atoms with E-state index in [2.05, 4.69) is 23.6 Å². The van der Waals surface area contributed by atoms with Crippen molar-refractivity contribution in [3.8, 4) is 0 Å². The van der Waals surface area contributed by atoms with E-state index >= 15 is 0 Å². The van der Waals surface area contributed by atoms with E-state index in [1.54, 1.807) is 0 Å². The van der Waals surface area contributed by atoms with Gasteiger partial charge in [0, 0.05) is 11.7 Å². The number of rotatable bonds is 4. The molecule has 0 radical (unpaired) electrons. The minimum Gasteiger partial charge on any atom is -0.325 e. The smallest absolute Gasteiger partial charge is 0.238 e. The molecule has 104 valence electrons. The van der Waals surface area contributed by atoms with Crippen molar-refractivity contribution >= 4 is 11.6 Å². The van der Waals surface area contributed by atoms with Crippen LogP contribution in [-0.4, -0.2) is 18.5 Å². The van der Waals surface area contributed by atoms with Gasteiger partial charge in [0.1, 0.15) is 0 Å². The van der Waals surface area contributed by atoms with E-state index in [-0.39, 0.29) is 5.91 Å². The fourth-order valence-corrected chi connectivity index (χ4v) is 2.62. The molecule has 0 atom stereocenters. The van der Waals surface area contributed by atoms with Gasteiger partial charge in [-0.25, -0.2) is 0 Å². The molecule has 0 aliphatic heterocycles. The third-order valence-electron chi connectivity index (χ3n) is 4.04. The van der Waals surface area contributed by atoms with Gasteiger partial charge in [-0.2, -0.15) is 0 Å². The van der Waals surface area contributed by atoms with Crippen molar-refractivity contribution < 1.29 is 4.79 Å². The summed E-state index contributed by atoms with van der Waals surface area (Å²) in [5.74, 6) is 0.0549. The zero-order chi connectivity index (χ0) is 13.7. The third-order valence-corrected chi connectivity index (χ3v) is 4.04. The van der Waals surface area contributed by atoms with Gasteiger partial charge in [-0.05, 0) is 43.9 Å². The summed E-state index contributed by atoms with van der Waals surface area (Å²) >= 11 is 0. The van der Waals surface area contributed by atoms with E-state index in [1.165, 1.54) is 37.7 Å². The molecule has 0 saturated heterocycles. The molecule has 0 unspecified atom stereocenters. The van der Waals surface area contributed by atoms with Crippen molar-refractivity contribution in [3.05, 3.63) is 29.3 Å². The van der Waals surface area contributed by atoms with Crippen molar-refractivity contribution in [2.75, 3.05) is 11.9 Å². The molecule has 2 rings (SSSR count). The standard InChI is InChI=1S/C16H24N2O/c1-12-7-6-10-15(13(12)2)18-16(19)11-17-14-8-4-3-5-9-14/h6-7,10,14,17H,3-5,8-9,11H2,1-2H3,(H,18,19). The van der Waals surface area contributed by atoms with Gasteiger partial charge in [-0.1, -0.05) is 31.4 Å². The maximum Gasteiger partial charge on any atom is 0.238 e. The van der Waals surface area contributed by atoms with E-state index in [1.807, 2.05) is 19.1 Å². The zero-order valence-electron chi connectivity index (χ0n) is 12.0. The van der Waals surface area contributed by atoms with Crippen LogP contribution in [0, 0.1) is 13.8 Å². The lowest BCUT2D eigenvalue weighted by atomic mass is 9.95. The molecule has 1 aromatic carbocycles. The summed E-state index contributed by atoms with van der Waals surface area (Å²) in [7, 11) is 0. The molecule has 0 bridgehead atoms. The highest BCUT2D eigenvalue weighted by Gasteiger charge is 2.14. The summed E-state index contributed by atoms with van der Waals surface area (Å²) in [6.07, 6.45) is 6.33. The summed E-state index contributed by atoms with van der Waals surface area (Å²) in [5, 5.41) is 6.35. The molecule has 0 heterocycles. The molecule has 0 spiro atoms. The summed E-state index contributed by atoms with van der Waals surface area (Å²) in [6, 6.07) is 6.52. The molecule has 1 fully saturated rings.